The number of hydrogen-bond donors (Lipinski definition) is 3. The topological polar surface area (TPSA) is 93.2 Å². The number of benzene rings is 1. The van der Waals surface area contributed by atoms with Crippen LogP contribution in [0.15, 0.2) is 23.2 Å². The Bertz CT molecular complexity index is 656. The number of alkyl carbamates (subject to hydrolysis) is 1. The molecule has 0 fully saturated rings. The van der Waals surface area contributed by atoms with E-state index in [2.05, 4.69) is 20.9 Å². The average molecular weight is 378 g/mol. The molecule has 0 bridgehead atoms. The summed E-state index contributed by atoms with van der Waals surface area (Å²) in [5.74, 6) is 2.20. The molecule has 1 amide bonds. The molecule has 8 nitrogen and oxygen atoms in total. The summed E-state index contributed by atoms with van der Waals surface area (Å²) in [5.41, 5.74) is 0.562. The zero-order chi connectivity index (χ0) is 19.7. The predicted molar refractivity (Wildman–Crippen MR) is 104 cm³/mol. The second-order valence-corrected chi connectivity index (χ2v) is 7.11. The molecular formula is C19H30N4O4. The number of aliphatic imine (C=N–C) groups is 1. The molecule has 0 spiro atoms. The van der Waals surface area contributed by atoms with Gasteiger partial charge >= 0.3 is 6.09 Å². The summed E-state index contributed by atoms with van der Waals surface area (Å²) >= 11 is 0. The van der Waals surface area contributed by atoms with Gasteiger partial charge in [-0.15, -0.1) is 0 Å². The van der Waals surface area contributed by atoms with Gasteiger partial charge in [0, 0.05) is 33.1 Å². The number of hydrogen-bond acceptors (Lipinski definition) is 5. The van der Waals surface area contributed by atoms with Gasteiger partial charge in [-0.3, -0.25) is 4.99 Å². The number of rotatable bonds is 5. The highest BCUT2D eigenvalue weighted by molar-refractivity contribution is 5.79. The summed E-state index contributed by atoms with van der Waals surface area (Å²) in [6.07, 6.45) is 0.454. The highest BCUT2D eigenvalue weighted by Gasteiger charge is 2.15. The lowest BCUT2D eigenvalue weighted by molar-refractivity contribution is 0.0529. The Balaban J connectivity index is 1.73. The van der Waals surface area contributed by atoms with Crippen LogP contribution in [-0.4, -0.2) is 51.0 Å². The molecule has 27 heavy (non-hydrogen) atoms. The standard InChI is InChI=1S/C19H30N4O4/c1-19(2,3)27-18(24)22-9-8-21-17(20-4)23-13-14-6-7-15-16(12-14)26-11-5-10-25-15/h6-7,12H,5,8-11,13H2,1-4H3,(H,22,24)(H2,20,21,23). The average Bonchev–Trinajstić information content (AvgIpc) is 2.84. The van der Waals surface area contributed by atoms with Crippen LogP contribution in [-0.2, 0) is 11.3 Å². The molecular weight excluding hydrogens is 348 g/mol. The summed E-state index contributed by atoms with van der Waals surface area (Å²) < 4.78 is 16.5. The summed E-state index contributed by atoms with van der Waals surface area (Å²) in [5, 5.41) is 9.07. The lowest BCUT2D eigenvalue weighted by atomic mass is 10.2. The van der Waals surface area contributed by atoms with E-state index >= 15 is 0 Å². The largest absolute Gasteiger partial charge is 0.490 e. The van der Waals surface area contributed by atoms with Crippen LogP contribution >= 0.6 is 0 Å². The van der Waals surface area contributed by atoms with E-state index in [0.717, 1.165) is 23.5 Å². The number of carbonyl (C=O) groups is 1. The van der Waals surface area contributed by atoms with Crippen LogP contribution in [0, 0.1) is 0 Å². The van der Waals surface area contributed by atoms with Gasteiger partial charge in [-0.1, -0.05) is 6.07 Å². The summed E-state index contributed by atoms with van der Waals surface area (Å²) in [7, 11) is 1.70. The van der Waals surface area contributed by atoms with E-state index in [1.807, 2.05) is 39.0 Å². The van der Waals surface area contributed by atoms with Crippen molar-refractivity contribution in [1.82, 2.24) is 16.0 Å². The van der Waals surface area contributed by atoms with E-state index in [1.54, 1.807) is 7.05 Å². The molecule has 150 valence electrons. The fraction of sp³-hybridized carbons (Fsp3) is 0.579. The lowest BCUT2D eigenvalue weighted by Crippen LogP contribution is -2.42. The molecule has 1 aromatic carbocycles. The molecule has 0 aliphatic carbocycles. The Hall–Kier alpha value is -2.64. The number of fused-ring (bicyclic) bond motifs is 1. The first-order chi connectivity index (χ1) is 12.9. The van der Waals surface area contributed by atoms with Crippen molar-refractivity contribution in [3.8, 4) is 11.5 Å². The highest BCUT2D eigenvalue weighted by atomic mass is 16.6. The van der Waals surface area contributed by atoms with Crippen LogP contribution in [0.25, 0.3) is 0 Å². The molecule has 0 saturated heterocycles. The second kappa shape index (κ2) is 9.89. The third kappa shape index (κ3) is 7.64. The molecule has 0 saturated carbocycles. The third-order valence-electron chi connectivity index (χ3n) is 3.58. The van der Waals surface area contributed by atoms with Crippen molar-refractivity contribution in [3.05, 3.63) is 23.8 Å². The molecule has 3 N–H and O–H groups in total. The smallest absolute Gasteiger partial charge is 0.407 e. The maximum absolute atomic E-state index is 11.6. The van der Waals surface area contributed by atoms with Crippen molar-refractivity contribution in [1.29, 1.82) is 0 Å². The molecule has 2 rings (SSSR count). The van der Waals surface area contributed by atoms with Crippen LogP contribution in [0.2, 0.25) is 0 Å². The van der Waals surface area contributed by atoms with Crippen molar-refractivity contribution in [2.75, 3.05) is 33.4 Å². The third-order valence-corrected chi connectivity index (χ3v) is 3.58. The maximum atomic E-state index is 11.6. The van der Waals surface area contributed by atoms with Crippen LogP contribution in [0.5, 0.6) is 11.5 Å². The van der Waals surface area contributed by atoms with E-state index in [4.69, 9.17) is 14.2 Å². The summed E-state index contributed by atoms with van der Waals surface area (Å²) in [6.45, 7) is 8.38. The fourth-order valence-electron chi connectivity index (χ4n) is 2.38. The van der Waals surface area contributed by atoms with E-state index < -0.39 is 11.7 Å². The molecule has 8 heteroatoms. The predicted octanol–water partition coefficient (Wildman–Crippen LogP) is 2.04. The number of nitrogens with one attached hydrogen (secondary N) is 3. The fourth-order valence-corrected chi connectivity index (χ4v) is 2.38. The van der Waals surface area contributed by atoms with Gasteiger partial charge in [0.2, 0.25) is 0 Å². The van der Waals surface area contributed by atoms with Gasteiger partial charge in [-0.2, -0.15) is 0 Å². The van der Waals surface area contributed by atoms with Crippen molar-refractivity contribution in [2.24, 2.45) is 4.99 Å². The molecule has 0 radical (unpaired) electrons. The Morgan fingerprint density at radius 2 is 1.81 bits per heavy atom. The van der Waals surface area contributed by atoms with Gasteiger partial charge in [-0.25, -0.2) is 4.79 Å². The normalized spacial score (nSPS) is 14.1. The van der Waals surface area contributed by atoms with E-state index in [0.29, 0.717) is 38.8 Å². The number of amides is 1. The molecule has 0 aromatic heterocycles. The number of ether oxygens (including phenoxy) is 3. The van der Waals surface area contributed by atoms with Gasteiger partial charge in [0.15, 0.2) is 17.5 Å². The van der Waals surface area contributed by atoms with Crippen LogP contribution < -0.4 is 25.4 Å². The van der Waals surface area contributed by atoms with Crippen molar-refractivity contribution in [3.63, 3.8) is 0 Å². The molecule has 1 aromatic rings. The SMILES string of the molecule is CN=C(NCCNC(=O)OC(C)(C)C)NCc1ccc2c(c1)OCCCO2. The van der Waals surface area contributed by atoms with Crippen LogP contribution in [0.4, 0.5) is 4.79 Å². The Morgan fingerprint density at radius 1 is 1.11 bits per heavy atom. The Labute approximate surface area is 160 Å². The van der Waals surface area contributed by atoms with Crippen molar-refractivity contribution in [2.45, 2.75) is 39.3 Å². The first-order valence-corrected chi connectivity index (χ1v) is 9.17. The van der Waals surface area contributed by atoms with Gasteiger partial charge < -0.3 is 30.2 Å². The maximum Gasteiger partial charge on any atom is 0.407 e. The minimum absolute atomic E-state index is 0.430. The van der Waals surface area contributed by atoms with E-state index in [1.165, 1.54) is 0 Å². The number of guanidine groups is 1. The van der Waals surface area contributed by atoms with E-state index in [9.17, 15) is 4.79 Å². The number of nitrogens with zero attached hydrogens (tertiary/aromatic N) is 1. The van der Waals surface area contributed by atoms with Crippen molar-refractivity contribution >= 4 is 12.1 Å². The molecule has 1 aliphatic heterocycles. The zero-order valence-corrected chi connectivity index (χ0v) is 16.6. The summed E-state index contributed by atoms with van der Waals surface area (Å²) in [6, 6.07) is 5.90. The highest BCUT2D eigenvalue weighted by Crippen LogP contribution is 2.30. The first kappa shape index (κ1) is 20.7. The van der Waals surface area contributed by atoms with Gasteiger partial charge in [0.1, 0.15) is 5.60 Å². The second-order valence-electron chi connectivity index (χ2n) is 7.11. The Kier molecular flexibility index (Phi) is 7.57. The van der Waals surface area contributed by atoms with E-state index in [-0.39, 0.29) is 0 Å². The lowest BCUT2D eigenvalue weighted by Gasteiger charge is -2.20. The number of carbonyl (C=O) groups excluding carboxylic acids is 1. The molecule has 0 unspecified atom stereocenters. The van der Waals surface area contributed by atoms with Crippen LogP contribution in [0.3, 0.4) is 0 Å². The van der Waals surface area contributed by atoms with Crippen molar-refractivity contribution < 1.29 is 19.0 Å². The first-order valence-electron chi connectivity index (χ1n) is 9.17. The summed E-state index contributed by atoms with van der Waals surface area (Å²) in [4.78, 5) is 15.8. The monoisotopic (exact) mass is 378 g/mol. The van der Waals surface area contributed by atoms with Gasteiger partial charge in [0.05, 0.1) is 13.2 Å². The zero-order valence-electron chi connectivity index (χ0n) is 16.6. The van der Waals surface area contributed by atoms with Crippen LogP contribution in [0.1, 0.15) is 32.8 Å². The minimum atomic E-state index is -0.502. The quantitative estimate of drug-likeness (QED) is 0.412. The van der Waals surface area contributed by atoms with Gasteiger partial charge in [0.25, 0.3) is 0 Å². The minimum Gasteiger partial charge on any atom is -0.490 e. The van der Waals surface area contributed by atoms with Gasteiger partial charge in [-0.05, 0) is 38.5 Å². The molecule has 1 heterocycles. The Morgan fingerprint density at radius 3 is 2.52 bits per heavy atom. The molecule has 1 aliphatic rings. The molecule has 0 atom stereocenters.